The van der Waals surface area contributed by atoms with Gasteiger partial charge in [-0.15, -0.1) is 0 Å². The molecule has 0 atom stereocenters. The molecule has 0 heterocycles. The van der Waals surface area contributed by atoms with Crippen LogP contribution in [0.15, 0.2) is 42.5 Å². The highest BCUT2D eigenvalue weighted by Gasteiger charge is 2.18. The maximum atomic E-state index is 12.3. The smallest absolute Gasteiger partial charge is 0.307 e. The van der Waals surface area contributed by atoms with Crippen LogP contribution in [0.1, 0.15) is 42.3 Å². The number of anilines is 1. The minimum absolute atomic E-state index is 0.0662. The Morgan fingerprint density at radius 2 is 1.67 bits per heavy atom. The molecule has 0 unspecified atom stereocenters. The molecular weight excluding hydrogens is 306 g/mol. The van der Waals surface area contributed by atoms with Crippen LogP contribution in [0.4, 0.5) is 5.69 Å². The lowest BCUT2D eigenvalue weighted by molar-refractivity contribution is -0.136. The van der Waals surface area contributed by atoms with Gasteiger partial charge in [0.05, 0.1) is 12.0 Å². The molecule has 5 heteroatoms. The molecule has 2 aromatic rings. The zero-order valence-electron chi connectivity index (χ0n) is 14.0. The standard InChI is InChI=1S/C19H21NO4/c1-19(2,3)13-6-9-15(16(21)11-13)18(24)20-14-7-4-12(5-8-14)10-17(22)23/h4-9,11,21H,10H2,1-3H3,(H,20,24)(H,22,23). The summed E-state index contributed by atoms with van der Waals surface area (Å²) in [7, 11) is 0. The van der Waals surface area contributed by atoms with E-state index >= 15 is 0 Å². The summed E-state index contributed by atoms with van der Waals surface area (Å²) in [5.74, 6) is -1.39. The van der Waals surface area contributed by atoms with Crippen LogP contribution in [0.3, 0.4) is 0 Å². The Morgan fingerprint density at radius 3 is 2.17 bits per heavy atom. The fourth-order valence-electron chi connectivity index (χ4n) is 2.27. The van der Waals surface area contributed by atoms with Crippen LogP contribution >= 0.6 is 0 Å². The lowest BCUT2D eigenvalue weighted by Gasteiger charge is -2.19. The van der Waals surface area contributed by atoms with E-state index in [1.54, 1.807) is 36.4 Å². The van der Waals surface area contributed by atoms with Crippen molar-refractivity contribution in [2.24, 2.45) is 0 Å². The van der Waals surface area contributed by atoms with Gasteiger partial charge in [0.1, 0.15) is 5.75 Å². The highest BCUT2D eigenvalue weighted by molar-refractivity contribution is 6.06. The number of phenols is 1. The Labute approximate surface area is 141 Å². The number of carbonyl (C=O) groups excluding carboxylic acids is 1. The van der Waals surface area contributed by atoms with Gasteiger partial charge in [-0.3, -0.25) is 9.59 Å². The van der Waals surface area contributed by atoms with Gasteiger partial charge in [0.15, 0.2) is 0 Å². The van der Waals surface area contributed by atoms with Crippen molar-refractivity contribution in [1.82, 2.24) is 0 Å². The third-order valence-corrected chi connectivity index (χ3v) is 3.68. The van der Waals surface area contributed by atoms with E-state index in [9.17, 15) is 14.7 Å². The molecule has 24 heavy (non-hydrogen) atoms. The van der Waals surface area contributed by atoms with Gasteiger partial charge in [0.2, 0.25) is 0 Å². The number of hydrogen-bond donors (Lipinski definition) is 3. The summed E-state index contributed by atoms with van der Waals surface area (Å²) >= 11 is 0. The summed E-state index contributed by atoms with van der Waals surface area (Å²) in [6.07, 6.45) is -0.0662. The Kier molecular flexibility index (Phi) is 4.93. The van der Waals surface area contributed by atoms with Crippen LogP contribution in [-0.2, 0) is 16.6 Å². The second kappa shape index (κ2) is 6.74. The van der Waals surface area contributed by atoms with E-state index in [0.29, 0.717) is 11.3 Å². The zero-order valence-corrected chi connectivity index (χ0v) is 14.0. The molecule has 0 aliphatic carbocycles. The average molecular weight is 327 g/mol. The molecular formula is C19H21NO4. The number of phenolic OH excluding ortho intramolecular Hbond substituents is 1. The molecule has 2 aromatic carbocycles. The number of carboxylic acid groups (broad SMARTS) is 1. The predicted octanol–water partition coefficient (Wildman–Crippen LogP) is 3.57. The number of amides is 1. The highest BCUT2D eigenvalue weighted by atomic mass is 16.4. The van der Waals surface area contributed by atoms with Gasteiger partial charge in [-0.1, -0.05) is 39.0 Å². The van der Waals surface area contributed by atoms with Crippen LogP contribution in [0.5, 0.6) is 5.75 Å². The summed E-state index contributed by atoms with van der Waals surface area (Å²) in [6.45, 7) is 6.08. The van der Waals surface area contributed by atoms with Crippen molar-refractivity contribution < 1.29 is 19.8 Å². The maximum Gasteiger partial charge on any atom is 0.307 e. The van der Waals surface area contributed by atoms with E-state index in [4.69, 9.17) is 5.11 Å². The molecule has 5 nitrogen and oxygen atoms in total. The second-order valence-electron chi connectivity index (χ2n) is 6.70. The van der Waals surface area contributed by atoms with Gasteiger partial charge in [-0.05, 0) is 40.8 Å². The van der Waals surface area contributed by atoms with Crippen molar-refractivity contribution in [2.75, 3.05) is 5.32 Å². The minimum Gasteiger partial charge on any atom is -0.507 e. The molecule has 0 spiro atoms. The maximum absolute atomic E-state index is 12.3. The number of carbonyl (C=O) groups is 2. The molecule has 0 radical (unpaired) electrons. The largest absolute Gasteiger partial charge is 0.507 e. The van der Waals surface area contributed by atoms with Crippen molar-refractivity contribution in [3.05, 3.63) is 59.2 Å². The third kappa shape index (κ3) is 4.35. The SMILES string of the molecule is CC(C)(C)c1ccc(C(=O)Nc2ccc(CC(=O)O)cc2)c(O)c1. The van der Waals surface area contributed by atoms with E-state index < -0.39 is 11.9 Å². The van der Waals surface area contributed by atoms with Crippen molar-refractivity contribution in [3.63, 3.8) is 0 Å². The van der Waals surface area contributed by atoms with Gasteiger partial charge in [0, 0.05) is 5.69 Å². The number of rotatable bonds is 4. The number of aromatic hydroxyl groups is 1. The van der Waals surface area contributed by atoms with Crippen molar-refractivity contribution in [1.29, 1.82) is 0 Å². The molecule has 126 valence electrons. The lowest BCUT2D eigenvalue weighted by Crippen LogP contribution is -2.14. The molecule has 0 fully saturated rings. The first-order valence-electron chi connectivity index (χ1n) is 7.62. The van der Waals surface area contributed by atoms with E-state index in [-0.39, 0.29) is 23.1 Å². The van der Waals surface area contributed by atoms with E-state index in [2.05, 4.69) is 5.32 Å². The highest BCUT2D eigenvalue weighted by Crippen LogP contribution is 2.28. The van der Waals surface area contributed by atoms with Crippen LogP contribution in [0, 0.1) is 0 Å². The third-order valence-electron chi connectivity index (χ3n) is 3.68. The molecule has 0 aliphatic rings. The van der Waals surface area contributed by atoms with Gasteiger partial charge in [-0.2, -0.15) is 0 Å². The number of hydrogen-bond acceptors (Lipinski definition) is 3. The Morgan fingerprint density at radius 1 is 1.04 bits per heavy atom. The van der Waals surface area contributed by atoms with Crippen LogP contribution in [0.2, 0.25) is 0 Å². The quantitative estimate of drug-likeness (QED) is 0.801. The lowest BCUT2D eigenvalue weighted by atomic mass is 9.86. The number of benzene rings is 2. The van der Waals surface area contributed by atoms with Crippen molar-refractivity contribution >= 4 is 17.6 Å². The molecule has 0 saturated heterocycles. The normalized spacial score (nSPS) is 11.1. The van der Waals surface area contributed by atoms with Gasteiger partial charge < -0.3 is 15.5 Å². The molecule has 0 aromatic heterocycles. The summed E-state index contributed by atoms with van der Waals surface area (Å²) in [4.78, 5) is 22.9. The van der Waals surface area contributed by atoms with Gasteiger partial charge in [-0.25, -0.2) is 0 Å². The first kappa shape index (κ1) is 17.5. The van der Waals surface area contributed by atoms with Gasteiger partial charge >= 0.3 is 5.97 Å². The number of nitrogens with one attached hydrogen (secondary N) is 1. The molecule has 1 amide bonds. The first-order chi connectivity index (χ1) is 11.2. The molecule has 0 saturated carbocycles. The van der Waals surface area contributed by atoms with Crippen LogP contribution in [0.25, 0.3) is 0 Å². The molecule has 0 bridgehead atoms. The monoisotopic (exact) mass is 327 g/mol. The van der Waals surface area contributed by atoms with Crippen LogP contribution < -0.4 is 5.32 Å². The second-order valence-corrected chi connectivity index (χ2v) is 6.70. The molecule has 2 rings (SSSR count). The van der Waals surface area contributed by atoms with Crippen molar-refractivity contribution in [2.45, 2.75) is 32.6 Å². The number of aliphatic carboxylic acids is 1. The predicted molar refractivity (Wildman–Crippen MR) is 92.5 cm³/mol. The van der Waals surface area contributed by atoms with E-state index in [1.807, 2.05) is 26.8 Å². The number of carboxylic acids is 1. The summed E-state index contributed by atoms with van der Waals surface area (Å²) < 4.78 is 0. The Hall–Kier alpha value is -2.82. The average Bonchev–Trinajstić information content (AvgIpc) is 2.47. The van der Waals surface area contributed by atoms with Crippen molar-refractivity contribution in [3.8, 4) is 5.75 Å². The Bertz CT molecular complexity index is 758. The van der Waals surface area contributed by atoms with E-state index in [1.165, 1.54) is 0 Å². The summed E-state index contributed by atoms with van der Waals surface area (Å²) in [5.41, 5.74) is 2.20. The molecule has 3 N–H and O–H groups in total. The first-order valence-corrected chi connectivity index (χ1v) is 7.62. The fourth-order valence-corrected chi connectivity index (χ4v) is 2.27. The molecule has 0 aliphatic heterocycles. The van der Waals surface area contributed by atoms with Gasteiger partial charge in [0.25, 0.3) is 5.91 Å². The topological polar surface area (TPSA) is 86.6 Å². The van der Waals surface area contributed by atoms with E-state index in [0.717, 1.165) is 5.56 Å². The fraction of sp³-hybridized carbons (Fsp3) is 0.263. The summed E-state index contributed by atoms with van der Waals surface area (Å²) in [6, 6.07) is 11.6. The van der Waals surface area contributed by atoms with Crippen LogP contribution in [-0.4, -0.2) is 22.1 Å². The minimum atomic E-state index is -0.907. The zero-order chi connectivity index (χ0) is 17.9. The Balaban J connectivity index is 2.13. The summed E-state index contributed by atoms with van der Waals surface area (Å²) in [5, 5.41) is 21.6.